The van der Waals surface area contributed by atoms with Gasteiger partial charge in [-0.3, -0.25) is 9.59 Å². The van der Waals surface area contributed by atoms with Gasteiger partial charge in [0.15, 0.2) is 0 Å². The molecule has 2 amide bonds. The number of carbonyl (C=O) groups excluding carboxylic acids is 2. The summed E-state index contributed by atoms with van der Waals surface area (Å²) in [6.07, 6.45) is 2.15. The number of carbonyl (C=O) groups is 2. The topological polar surface area (TPSA) is 70.2 Å². The molecule has 6 heteroatoms. The highest BCUT2D eigenvalue weighted by atomic mass is 32.2. The van der Waals surface area contributed by atoms with Crippen LogP contribution in [0.2, 0.25) is 0 Å². The molecule has 0 aromatic heterocycles. The van der Waals surface area contributed by atoms with Gasteiger partial charge in [-0.15, -0.1) is 11.8 Å². The Morgan fingerprint density at radius 1 is 1.24 bits per heavy atom. The highest BCUT2D eigenvalue weighted by Gasteiger charge is 2.27. The second-order valence-corrected chi connectivity index (χ2v) is 8.48. The molecule has 2 rings (SSSR count). The van der Waals surface area contributed by atoms with Crippen molar-refractivity contribution in [1.29, 1.82) is 0 Å². The van der Waals surface area contributed by atoms with E-state index in [1.807, 2.05) is 38.1 Å². The molecule has 1 atom stereocenters. The average Bonchev–Trinajstić information content (AvgIpc) is 2.60. The third-order valence-corrected chi connectivity index (χ3v) is 5.81. The minimum atomic E-state index is -0.242. The Hall–Kier alpha value is -1.53. The van der Waals surface area contributed by atoms with Gasteiger partial charge in [0.05, 0.1) is 11.0 Å². The number of nitrogens with one attached hydrogen (secondary N) is 3. The largest absolute Gasteiger partial charge is 0.355 e. The van der Waals surface area contributed by atoms with Crippen LogP contribution in [0.1, 0.15) is 32.3 Å². The first-order chi connectivity index (χ1) is 11.9. The number of benzene rings is 1. The molecular formula is C19H29N3O2S. The summed E-state index contributed by atoms with van der Waals surface area (Å²) >= 11 is 1.36. The van der Waals surface area contributed by atoms with E-state index < -0.39 is 0 Å². The van der Waals surface area contributed by atoms with Gasteiger partial charge in [-0.05, 0) is 57.3 Å². The molecule has 1 aliphatic rings. The molecule has 1 saturated heterocycles. The van der Waals surface area contributed by atoms with Crippen LogP contribution >= 0.6 is 11.8 Å². The Morgan fingerprint density at radius 3 is 2.52 bits per heavy atom. The lowest BCUT2D eigenvalue weighted by Gasteiger charge is -2.34. The van der Waals surface area contributed by atoms with Crippen molar-refractivity contribution >= 4 is 29.3 Å². The standard InChI is InChI=1S/C19H29N3O2S/c1-14-4-6-16(7-5-14)22-17(23)12-25-15(2)18(24)21-13-19(3)8-10-20-11-9-19/h4-7,15,20H,8-13H2,1-3H3,(H,21,24)(H,22,23). The third-order valence-electron chi connectivity index (χ3n) is 4.67. The first-order valence-electron chi connectivity index (χ1n) is 8.84. The maximum absolute atomic E-state index is 12.3. The summed E-state index contributed by atoms with van der Waals surface area (Å²) in [5.41, 5.74) is 2.11. The second kappa shape index (κ2) is 9.25. The van der Waals surface area contributed by atoms with Gasteiger partial charge in [-0.25, -0.2) is 0 Å². The van der Waals surface area contributed by atoms with E-state index in [0.717, 1.165) is 37.2 Å². The molecule has 0 spiro atoms. The van der Waals surface area contributed by atoms with Gasteiger partial charge in [0, 0.05) is 12.2 Å². The van der Waals surface area contributed by atoms with Crippen LogP contribution in [0.3, 0.4) is 0 Å². The first kappa shape index (κ1) is 19.8. The molecule has 0 saturated carbocycles. The van der Waals surface area contributed by atoms with Gasteiger partial charge in [0.2, 0.25) is 11.8 Å². The molecule has 1 unspecified atom stereocenters. The van der Waals surface area contributed by atoms with Crippen molar-refractivity contribution in [3.63, 3.8) is 0 Å². The molecule has 1 fully saturated rings. The lowest BCUT2D eigenvalue weighted by atomic mass is 9.81. The van der Waals surface area contributed by atoms with Gasteiger partial charge in [0.25, 0.3) is 0 Å². The van der Waals surface area contributed by atoms with Crippen LogP contribution < -0.4 is 16.0 Å². The van der Waals surface area contributed by atoms with Crippen molar-refractivity contribution in [2.75, 3.05) is 30.7 Å². The summed E-state index contributed by atoms with van der Waals surface area (Å²) in [7, 11) is 0. The number of hydrogen-bond donors (Lipinski definition) is 3. The van der Waals surface area contributed by atoms with Crippen molar-refractivity contribution < 1.29 is 9.59 Å². The predicted molar refractivity (Wildman–Crippen MR) is 105 cm³/mol. The summed E-state index contributed by atoms with van der Waals surface area (Å²) < 4.78 is 0. The Labute approximate surface area is 154 Å². The number of amides is 2. The number of thioether (sulfide) groups is 1. The second-order valence-electron chi connectivity index (χ2n) is 7.15. The van der Waals surface area contributed by atoms with Crippen molar-refractivity contribution in [1.82, 2.24) is 10.6 Å². The molecular weight excluding hydrogens is 334 g/mol. The average molecular weight is 364 g/mol. The quantitative estimate of drug-likeness (QED) is 0.696. The lowest BCUT2D eigenvalue weighted by Crippen LogP contribution is -2.44. The maximum atomic E-state index is 12.3. The highest BCUT2D eigenvalue weighted by Crippen LogP contribution is 2.26. The molecule has 0 radical (unpaired) electrons. The summed E-state index contributed by atoms with van der Waals surface area (Å²) in [5.74, 6) is 0.190. The van der Waals surface area contributed by atoms with Crippen molar-refractivity contribution in [2.24, 2.45) is 5.41 Å². The van der Waals surface area contributed by atoms with Gasteiger partial charge >= 0.3 is 0 Å². The van der Waals surface area contributed by atoms with Crippen LogP contribution in [0.15, 0.2) is 24.3 Å². The molecule has 0 aliphatic carbocycles. The van der Waals surface area contributed by atoms with E-state index in [4.69, 9.17) is 0 Å². The first-order valence-corrected chi connectivity index (χ1v) is 9.89. The zero-order valence-electron chi connectivity index (χ0n) is 15.4. The summed E-state index contributed by atoms with van der Waals surface area (Å²) in [6, 6.07) is 7.68. The van der Waals surface area contributed by atoms with Crippen molar-refractivity contribution in [2.45, 2.75) is 38.9 Å². The molecule has 1 heterocycles. The Kier molecular flexibility index (Phi) is 7.32. The maximum Gasteiger partial charge on any atom is 0.234 e. The summed E-state index contributed by atoms with van der Waals surface area (Å²) in [5, 5.41) is 9.01. The molecule has 1 aromatic carbocycles. The van der Waals surface area contributed by atoms with Crippen LogP contribution in [-0.2, 0) is 9.59 Å². The Morgan fingerprint density at radius 2 is 1.88 bits per heavy atom. The van der Waals surface area contributed by atoms with Crippen LogP contribution in [-0.4, -0.2) is 42.5 Å². The van der Waals surface area contributed by atoms with E-state index in [0.29, 0.717) is 6.54 Å². The fourth-order valence-electron chi connectivity index (χ4n) is 2.76. The van der Waals surface area contributed by atoms with Crippen molar-refractivity contribution in [3.8, 4) is 0 Å². The van der Waals surface area contributed by atoms with Gasteiger partial charge in [-0.2, -0.15) is 0 Å². The number of aryl methyl sites for hydroxylation is 1. The van der Waals surface area contributed by atoms with Gasteiger partial charge in [0.1, 0.15) is 0 Å². The fraction of sp³-hybridized carbons (Fsp3) is 0.579. The molecule has 1 aromatic rings. The number of rotatable bonds is 7. The van der Waals surface area contributed by atoms with Crippen LogP contribution in [0.5, 0.6) is 0 Å². The van der Waals surface area contributed by atoms with Crippen LogP contribution in [0.4, 0.5) is 5.69 Å². The SMILES string of the molecule is Cc1ccc(NC(=O)CSC(C)C(=O)NCC2(C)CCNCC2)cc1. The van der Waals surface area contributed by atoms with E-state index in [9.17, 15) is 9.59 Å². The number of piperidine rings is 1. The molecule has 138 valence electrons. The molecule has 3 N–H and O–H groups in total. The van der Waals surface area contributed by atoms with Crippen LogP contribution in [0, 0.1) is 12.3 Å². The minimum Gasteiger partial charge on any atom is -0.355 e. The highest BCUT2D eigenvalue weighted by molar-refractivity contribution is 8.01. The third kappa shape index (κ3) is 6.71. The minimum absolute atomic E-state index is 0.00731. The Bertz CT molecular complexity index is 583. The smallest absolute Gasteiger partial charge is 0.234 e. The Balaban J connectivity index is 1.69. The van der Waals surface area contributed by atoms with E-state index in [1.54, 1.807) is 0 Å². The zero-order chi connectivity index (χ0) is 18.3. The van der Waals surface area contributed by atoms with E-state index >= 15 is 0 Å². The number of hydrogen-bond acceptors (Lipinski definition) is 4. The van der Waals surface area contributed by atoms with E-state index in [2.05, 4.69) is 22.9 Å². The zero-order valence-corrected chi connectivity index (χ0v) is 16.2. The number of anilines is 1. The molecule has 1 aliphatic heterocycles. The fourth-order valence-corrected chi connectivity index (χ4v) is 3.47. The van der Waals surface area contributed by atoms with E-state index in [-0.39, 0.29) is 28.2 Å². The molecule has 25 heavy (non-hydrogen) atoms. The lowest BCUT2D eigenvalue weighted by molar-refractivity contribution is -0.120. The summed E-state index contributed by atoms with van der Waals surface area (Å²) in [4.78, 5) is 24.3. The monoisotopic (exact) mass is 363 g/mol. The predicted octanol–water partition coefficient (Wildman–Crippen LogP) is 2.56. The van der Waals surface area contributed by atoms with Crippen molar-refractivity contribution in [3.05, 3.63) is 29.8 Å². The molecule has 5 nitrogen and oxygen atoms in total. The van der Waals surface area contributed by atoms with Gasteiger partial charge in [-0.1, -0.05) is 24.6 Å². The molecule has 0 bridgehead atoms. The normalized spacial score (nSPS) is 17.6. The van der Waals surface area contributed by atoms with E-state index in [1.165, 1.54) is 11.8 Å². The van der Waals surface area contributed by atoms with Gasteiger partial charge < -0.3 is 16.0 Å². The van der Waals surface area contributed by atoms with Crippen LogP contribution in [0.25, 0.3) is 0 Å². The summed E-state index contributed by atoms with van der Waals surface area (Å²) in [6.45, 7) is 8.80.